The average Bonchev–Trinajstić information content (AvgIpc) is 3.19. The highest BCUT2D eigenvalue weighted by Gasteiger charge is 2.67. The molecule has 4 atom stereocenters. The molecule has 0 saturated heterocycles. The van der Waals surface area contributed by atoms with Crippen molar-refractivity contribution in [3.05, 3.63) is 72.1 Å². The van der Waals surface area contributed by atoms with Gasteiger partial charge in [0.1, 0.15) is 16.3 Å². The fourth-order valence-corrected chi connectivity index (χ4v) is 13.1. The number of hydrogen-bond donors (Lipinski definition) is 0. The van der Waals surface area contributed by atoms with Gasteiger partial charge in [0.05, 0.1) is 17.9 Å². The predicted octanol–water partition coefficient (Wildman–Crippen LogP) is 3.98. The first-order valence-electron chi connectivity index (χ1n) is 11.2. The van der Waals surface area contributed by atoms with Gasteiger partial charge in [-0.2, -0.15) is 0 Å². The van der Waals surface area contributed by atoms with Crippen molar-refractivity contribution in [1.82, 2.24) is 4.78 Å². The lowest BCUT2D eigenvalue weighted by Crippen LogP contribution is -2.43. The standard InChI is InChI=1S/C25H25N3P/c1-3-19-9-10-21-12-14-27-23-6-2-4-18-8-7-17-11-13-26-15-20(17)16-29(25(18)23,28(21)27)24(19)22(26)5-1/h1-6,11-14,17,20-21H,7-10,15-16H2/q+1. The van der Waals surface area contributed by atoms with Crippen molar-refractivity contribution < 1.29 is 0 Å². The number of allylic oxidation sites excluding steroid dienone is 1. The van der Waals surface area contributed by atoms with E-state index in [2.05, 4.69) is 75.6 Å². The maximum absolute atomic E-state index is 2.90. The van der Waals surface area contributed by atoms with Crippen LogP contribution < -0.4 is 20.5 Å². The first-order valence-corrected chi connectivity index (χ1v) is 13.1. The number of hydrazine groups is 1. The Kier molecular flexibility index (Phi) is 2.79. The van der Waals surface area contributed by atoms with E-state index in [0.29, 0.717) is 6.04 Å². The number of fused-ring (bicyclic) bond motifs is 3. The molecule has 0 aliphatic carbocycles. The van der Waals surface area contributed by atoms with E-state index in [1.165, 1.54) is 49.8 Å². The predicted molar refractivity (Wildman–Crippen MR) is 121 cm³/mol. The molecule has 4 heteroatoms. The maximum atomic E-state index is 2.90. The molecule has 3 nitrogen and oxygen atoms in total. The lowest BCUT2D eigenvalue weighted by molar-refractivity contribution is 0.380. The molecule has 1 spiro atoms. The molecule has 6 aliphatic heterocycles. The van der Waals surface area contributed by atoms with E-state index in [9.17, 15) is 0 Å². The van der Waals surface area contributed by atoms with E-state index in [0.717, 1.165) is 11.8 Å². The van der Waals surface area contributed by atoms with Gasteiger partial charge >= 0.3 is 0 Å². The normalized spacial score (nSPS) is 34.7. The average molecular weight is 398 g/mol. The van der Waals surface area contributed by atoms with Crippen LogP contribution >= 0.6 is 7.41 Å². The lowest BCUT2D eigenvalue weighted by atomic mass is 9.85. The monoisotopic (exact) mass is 398 g/mol. The minimum atomic E-state index is -1.68. The molecule has 0 N–H and O–H groups in total. The zero-order valence-electron chi connectivity index (χ0n) is 16.5. The van der Waals surface area contributed by atoms with Crippen LogP contribution in [0, 0.1) is 11.8 Å². The fraction of sp³-hybridized carbons (Fsp3) is 0.360. The van der Waals surface area contributed by atoms with Gasteiger partial charge in [0.2, 0.25) is 0 Å². The van der Waals surface area contributed by atoms with Crippen molar-refractivity contribution in [3.63, 3.8) is 0 Å². The van der Waals surface area contributed by atoms with Gasteiger partial charge in [0, 0.05) is 24.9 Å². The van der Waals surface area contributed by atoms with E-state index >= 15 is 0 Å². The van der Waals surface area contributed by atoms with E-state index < -0.39 is 7.41 Å². The van der Waals surface area contributed by atoms with Crippen LogP contribution in [0.1, 0.15) is 24.0 Å². The largest absolute Gasteiger partial charge is 0.345 e. The summed E-state index contributed by atoms with van der Waals surface area (Å²) in [7, 11) is -1.68. The van der Waals surface area contributed by atoms with Crippen LogP contribution in [0.2, 0.25) is 0 Å². The van der Waals surface area contributed by atoms with Crippen LogP contribution in [0.25, 0.3) is 0 Å². The van der Waals surface area contributed by atoms with Gasteiger partial charge in [-0.05, 0) is 60.9 Å². The quantitative estimate of drug-likeness (QED) is 0.622. The van der Waals surface area contributed by atoms with Gasteiger partial charge < -0.3 is 4.90 Å². The van der Waals surface area contributed by atoms with Crippen molar-refractivity contribution in [1.29, 1.82) is 0 Å². The van der Waals surface area contributed by atoms with Gasteiger partial charge in [-0.25, -0.2) is 5.01 Å². The molecule has 29 heavy (non-hydrogen) atoms. The molecule has 0 saturated carbocycles. The second-order valence-corrected chi connectivity index (χ2v) is 12.8. The van der Waals surface area contributed by atoms with Crippen molar-refractivity contribution in [2.75, 3.05) is 22.6 Å². The number of benzene rings is 2. The molecule has 6 heterocycles. The van der Waals surface area contributed by atoms with Crippen LogP contribution in [0.5, 0.6) is 0 Å². The highest BCUT2D eigenvalue weighted by Crippen LogP contribution is 2.73. The van der Waals surface area contributed by atoms with E-state index in [4.69, 9.17) is 0 Å². The van der Waals surface area contributed by atoms with Gasteiger partial charge in [-0.3, -0.25) is 0 Å². The van der Waals surface area contributed by atoms with Crippen LogP contribution in [-0.2, 0) is 12.8 Å². The molecule has 6 aliphatic rings. The number of aryl methyl sites for hydroxylation is 2. The Morgan fingerprint density at radius 2 is 1.62 bits per heavy atom. The molecular formula is C25H25N3P+. The minimum Gasteiger partial charge on any atom is -0.345 e. The summed E-state index contributed by atoms with van der Waals surface area (Å²) >= 11 is 0. The Balaban J connectivity index is 1.58. The molecule has 2 aromatic carbocycles. The molecule has 3 bridgehead atoms. The second kappa shape index (κ2) is 5.14. The molecule has 4 unspecified atom stereocenters. The van der Waals surface area contributed by atoms with Gasteiger partial charge in [0.25, 0.3) is 0 Å². The third-order valence-corrected chi connectivity index (χ3v) is 13.0. The SMILES string of the molecule is C1=CN2CC3C[P+]45c6c(cccc62)CCC2C=CN(c6cccc(c64)CCC13)N25. The molecule has 2 aromatic rings. The van der Waals surface area contributed by atoms with Crippen molar-refractivity contribution in [3.8, 4) is 0 Å². The molecular weight excluding hydrogens is 373 g/mol. The zero-order valence-corrected chi connectivity index (χ0v) is 17.4. The highest BCUT2D eigenvalue weighted by atomic mass is 31.2. The van der Waals surface area contributed by atoms with Gasteiger partial charge in [-0.1, -0.05) is 35.1 Å². The van der Waals surface area contributed by atoms with E-state index in [1.54, 1.807) is 21.7 Å². The second-order valence-electron chi connectivity index (χ2n) is 9.59. The Hall–Kier alpha value is -2.09. The first kappa shape index (κ1) is 15.7. The highest BCUT2D eigenvalue weighted by molar-refractivity contribution is 7.88. The minimum absolute atomic E-state index is 0.544. The maximum Gasteiger partial charge on any atom is 0.177 e. The van der Waals surface area contributed by atoms with E-state index in [1.807, 2.05) is 0 Å². The zero-order chi connectivity index (χ0) is 18.7. The number of hydrogen-bond acceptors (Lipinski definition) is 3. The summed E-state index contributed by atoms with van der Waals surface area (Å²) in [6.07, 6.45) is 16.2. The topological polar surface area (TPSA) is 9.72 Å². The van der Waals surface area contributed by atoms with Crippen molar-refractivity contribution >= 4 is 29.4 Å². The Morgan fingerprint density at radius 1 is 0.828 bits per heavy atom. The molecule has 0 fully saturated rings. The van der Waals surface area contributed by atoms with Crippen molar-refractivity contribution in [2.45, 2.75) is 31.7 Å². The third kappa shape index (κ3) is 1.72. The number of nitrogens with zero attached hydrogens (tertiary/aromatic N) is 3. The van der Waals surface area contributed by atoms with Gasteiger partial charge in [0.15, 0.2) is 7.41 Å². The number of anilines is 2. The molecule has 8 rings (SSSR count). The molecule has 0 amide bonds. The number of rotatable bonds is 0. The summed E-state index contributed by atoms with van der Waals surface area (Å²) in [5.41, 5.74) is 6.24. The summed E-state index contributed by atoms with van der Waals surface area (Å²) in [6.45, 7) is 1.20. The Morgan fingerprint density at radius 3 is 2.52 bits per heavy atom. The summed E-state index contributed by atoms with van der Waals surface area (Å²) in [4.78, 5) is 2.61. The summed E-state index contributed by atoms with van der Waals surface area (Å²) < 4.78 is 2.90. The summed E-state index contributed by atoms with van der Waals surface area (Å²) in [5, 5.41) is 6.02. The van der Waals surface area contributed by atoms with Crippen LogP contribution in [0.4, 0.5) is 11.4 Å². The van der Waals surface area contributed by atoms with E-state index in [-0.39, 0.29) is 0 Å². The van der Waals surface area contributed by atoms with Crippen LogP contribution in [0.15, 0.2) is 61.0 Å². The molecule has 0 radical (unpaired) electrons. The molecule has 0 aromatic heterocycles. The Labute approximate surface area is 172 Å². The summed E-state index contributed by atoms with van der Waals surface area (Å²) in [6, 6.07) is 14.9. The lowest BCUT2D eigenvalue weighted by Gasteiger charge is -2.38. The third-order valence-electron chi connectivity index (χ3n) is 8.31. The fourth-order valence-electron chi connectivity index (χ4n) is 7.21. The van der Waals surface area contributed by atoms with Crippen LogP contribution in [-0.4, -0.2) is 23.5 Å². The van der Waals surface area contributed by atoms with Crippen molar-refractivity contribution in [2.24, 2.45) is 11.8 Å². The Bertz CT molecular complexity index is 1140. The molecule has 144 valence electrons. The van der Waals surface area contributed by atoms with Gasteiger partial charge in [-0.15, -0.1) is 0 Å². The first-order chi connectivity index (χ1) is 14.3. The summed E-state index contributed by atoms with van der Waals surface area (Å²) in [5.74, 6) is 1.48. The smallest absolute Gasteiger partial charge is 0.177 e. The van der Waals surface area contributed by atoms with Crippen LogP contribution in [0.3, 0.4) is 0 Å².